The van der Waals surface area contributed by atoms with E-state index in [0.29, 0.717) is 30.4 Å². The molecule has 0 amide bonds. The second-order valence-electron chi connectivity index (χ2n) is 18.5. The summed E-state index contributed by atoms with van der Waals surface area (Å²) in [4.78, 5) is 13.7. The number of ether oxygens (including phenoxy) is 3. The number of para-hydroxylation sites is 1. The van der Waals surface area contributed by atoms with Crippen molar-refractivity contribution in [1.82, 2.24) is 15.0 Å². The highest BCUT2D eigenvalue weighted by Crippen LogP contribution is 2.42. The molecule has 0 fully saturated rings. The van der Waals surface area contributed by atoms with Crippen LogP contribution in [0.5, 0.6) is 11.5 Å². The van der Waals surface area contributed by atoms with Crippen LogP contribution in [0.25, 0.3) is 33.2 Å². The van der Waals surface area contributed by atoms with Gasteiger partial charge in [-0.15, -0.1) is 5.10 Å². The van der Waals surface area contributed by atoms with Crippen LogP contribution in [-0.2, 0) is 16.1 Å². The number of unbranched alkanes of at least 4 members (excludes halogenated alkanes) is 8. The topological polar surface area (TPSA) is 124 Å². The lowest BCUT2D eigenvalue weighted by Gasteiger charge is -2.32. The zero-order valence-corrected chi connectivity index (χ0v) is 41.5. The Morgan fingerprint density at radius 2 is 1.46 bits per heavy atom. The number of benzene rings is 5. The predicted octanol–water partition coefficient (Wildman–Crippen LogP) is 15.4. The van der Waals surface area contributed by atoms with Gasteiger partial charge in [-0.2, -0.15) is 15.5 Å². The van der Waals surface area contributed by atoms with Gasteiger partial charge in [-0.3, -0.25) is 9.48 Å². The van der Waals surface area contributed by atoms with Crippen molar-refractivity contribution in [3.63, 3.8) is 0 Å². The van der Waals surface area contributed by atoms with Crippen molar-refractivity contribution in [2.45, 2.75) is 122 Å². The monoisotopic (exact) mass is 948 g/mol. The lowest BCUT2D eigenvalue weighted by molar-refractivity contribution is -0.146. The van der Waals surface area contributed by atoms with Crippen LogP contribution >= 0.6 is 24.0 Å². The van der Waals surface area contributed by atoms with Gasteiger partial charge >= 0.3 is 5.97 Å². The minimum atomic E-state index is -0.998. The van der Waals surface area contributed by atoms with E-state index in [-0.39, 0.29) is 5.97 Å². The summed E-state index contributed by atoms with van der Waals surface area (Å²) in [5, 5.41) is 30.0. The predicted molar refractivity (Wildman–Crippen MR) is 279 cm³/mol. The highest BCUT2D eigenvalue weighted by Gasteiger charge is 2.42. The Labute approximate surface area is 411 Å². The first-order valence-corrected chi connectivity index (χ1v) is 25.5. The third-order valence-electron chi connectivity index (χ3n) is 12.3. The normalized spacial score (nSPS) is 13.9. The van der Waals surface area contributed by atoms with E-state index in [2.05, 4.69) is 50.9 Å². The second kappa shape index (κ2) is 24.9. The number of thiocarbonyl (C=S) groups is 1. The number of aromatic nitrogens is 3. The number of azo groups is 1. The van der Waals surface area contributed by atoms with Crippen LogP contribution in [0.4, 0.5) is 11.4 Å². The van der Waals surface area contributed by atoms with Gasteiger partial charge in [0.15, 0.2) is 0 Å². The molecule has 1 aromatic heterocycles. The van der Waals surface area contributed by atoms with E-state index in [0.717, 1.165) is 139 Å². The summed E-state index contributed by atoms with van der Waals surface area (Å²) in [5.74, 6) is 1.32. The smallest absolute Gasteiger partial charge is 0.322 e. The summed E-state index contributed by atoms with van der Waals surface area (Å²) in [7, 11) is 0. The maximum atomic E-state index is 13.7. The third kappa shape index (κ3) is 14.3. The Morgan fingerprint density at radius 1 is 0.765 bits per heavy atom. The number of fused-ring (bicyclic) bond motifs is 10. The molecule has 0 spiro atoms. The molecule has 0 N–H and O–H groups in total. The van der Waals surface area contributed by atoms with Crippen LogP contribution in [0.2, 0.25) is 0 Å². The highest BCUT2D eigenvalue weighted by molar-refractivity contribution is 8.25. The van der Waals surface area contributed by atoms with Gasteiger partial charge < -0.3 is 14.2 Å². The van der Waals surface area contributed by atoms with Gasteiger partial charge in [0.25, 0.3) is 0 Å². The third-order valence-corrected chi connectivity index (χ3v) is 13.9. The highest BCUT2D eigenvalue weighted by atomic mass is 32.2. The Kier molecular flexibility index (Phi) is 18.3. The number of nitriles is 1. The van der Waals surface area contributed by atoms with Gasteiger partial charge in [0, 0.05) is 28.8 Å². The molecular formula is C56H64N6O4S2. The van der Waals surface area contributed by atoms with Crippen molar-refractivity contribution in [3.05, 3.63) is 121 Å². The van der Waals surface area contributed by atoms with Gasteiger partial charge in [0.2, 0.25) is 0 Å². The standard InChI is InChI=1S/C56H64N6O4S2/c1-55(2,41-57)40-56(3,68-53(67)48-29-22-24-42-23-13-14-27-46(42)48)54(63)66-36-20-11-8-6-4-5-7-10-18-35-65-52-32-31-45-38-49(52)47-28-15-16-30-51(47)64-34-19-12-9-17-33-62-39-50(60-61-62)43-25-21-26-44(37-43)58-59-45/h13-16,21-32,37-39H,4-12,17-20,33-36,40H2,1-3H3. The number of nitrogens with zero attached hydrogens (tertiary/aromatic N) is 6. The SMILES string of the molecule is CC(C)(C#N)CC(C)(SC(=S)c1cccc2ccccc12)C(=O)OCCCCCCCCCCCOc1ccc2cc1-c1ccccc1OCCCCCCn1cc(nn1)-c1cccc(c1)N=N2. The summed E-state index contributed by atoms with van der Waals surface area (Å²) in [6, 6.07) is 38.6. The maximum absolute atomic E-state index is 13.7. The molecular weight excluding hydrogens is 885 g/mol. The Bertz CT molecular complexity index is 2690. The fourth-order valence-corrected chi connectivity index (χ4v) is 10.7. The number of carbonyl (C=O) groups is 1. The first-order chi connectivity index (χ1) is 33.1. The van der Waals surface area contributed by atoms with Crippen LogP contribution in [0.3, 0.4) is 0 Å². The Morgan fingerprint density at radius 3 is 2.26 bits per heavy atom. The summed E-state index contributed by atoms with van der Waals surface area (Å²) in [6.45, 7) is 8.03. The van der Waals surface area contributed by atoms with E-state index >= 15 is 0 Å². The minimum Gasteiger partial charge on any atom is -0.493 e. The molecule has 0 saturated heterocycles. The lowest BCUT2D eigenvalue weighted by Crippen LogP contribution is -2.39. The number of esters is 1. The van der Waals surface area contributed by atoms with E-state index in [1.807, 2.05) is 117 Å². The van der Waals surface area contributed by atoms with Crippen molar-refractivity contribution in [3.8, 4) is 40.0 Å². The summed E-state index contributed by atoms with van der Waals surface area (Å²) >= 11 is 7.27. The number of aryl methyl sites for hydroxylation is 1. The molecule has 1 aliphatic rings. The average molecular weight is 949 g/mol. The molecule has 10 nitrogen and oxygen atoms in total. The van der Waals surface area contributed by atoms with Crippen LogP contribution in [0.1, 0.15) is 116 Å². The van der Waals surface area contributed by atoms with Crippen LogP contribution < -0.4 is 9.47 Å². The van der Waals surface area contributed by atoms with Gasteiger partial charge in [-0.05, 0) is 106 Å². The molecule has 0 aliphatic carbocycles. The first kappa shape index (κ1) is 50.0. The largest absolute Gasteiger partial charge is 0.493 e. The van der Waals surface area contributed by atoms with Gasteiger partial charge in [0.1, 0.15) is 21.9 Å². The van der Waals surface area contributed by atoms with E-state index in [1.54, 1.807) is 0 Å². The Balaban J connectivity index is 0.851. The molecule has 1 atom stereocenters. The number of carbonyl (C=O) groups excluding carboxylic acids is 1. The van der Waals surface area contributed by atoms with Crippen molar-refractivity contribution >= 4 is 56.3 Å². The Hall–Kier alpha value is -5.90. The van der Waals surface area contributed by atoms with Gasteiger partial charge in [-0.1, -0.05) is 153 Å². The van der Waals surface area contributed by atoms with Crippen LogP contribution in [-0.4, -0.2) is 49.7 Å². The molecule has 5 aromatic carbocycles. The summed E-state index contributed by atoms with van der Waals surface area (Å²) in [6.07, 6.45) is 16.1. The molecule has 68 heavy (non-hydrogen) atoms. The zero-order chi connectivity index (χ0) is 47.6. The lowest BCUT2D eigenvalue weighted by atomic mass is 9.84. The van der Waals surface area contributed by atoms with Crippen molar-refractivity contribution in [2.75, 3.05) is 19.8 Å². The van der Waals surface area contributed by atoms with Crippen LogP contribution in [0, 0.1) is 16.7 Å². The zero-order valence-electron chi connectivity index (χ0n) is 39.8. The molecule has 6 aromatic rings. The molecule has 1 unspecified atom stereocenters. The fourth-order valence-electron chi connectivity index (χ4n) is 8.66. The summed E-state index contributed by atoms with van der Waals surface area (Å²) in [5.41, 5.74) is 5.34. The molecule has 7 rings (SSSR count). The number of hydrogen-bond donors (Lipinski definition) is 0. The van der Waals surface area contributed by atoms with E-state index in [1.165, 1.54) is 24.6 Å². The molecule has 12 heteroatoms. The fraction of sp³-hybridized carbons (Fsp3) is 0.411. The van der Waals surface area contributed by atoms with Gasteiger partial charge in [0.05, 0.1) is 53.1 Å². The van der Waals surface area contributed by atoms with E-state index in [4.69, 9.17) is 26.4 Å². The number of thioether (sulfide) groups is 1. The van der Waals surface area contributed by atoms with Crippen molar-refractivity contribution in [2.24, 2.45) is 15.6 Å². The molecule has 2 heterocycles. The maximum Gasteiger partial charge on any atom is 0.322 e. The van der Waals surface area contributed by atoms with Gasteiger partial charge in [-0.25, -0.2) is 0 Å². The quantitative estimate of drug-likeness (QED) is 0.0470. The summed E-state index contributed by atoms with van der Waals surface area (Å²) < 4.78 is 20.3. The number of rotatable bonds is 18. The molecule has 6 bridgehead atoms. The molecule has 0 saturated carbocycles. The molecule has 0 radical (unpaired) electrons. The van der Waals surface area contributed by atoms with E-state index < -0.39 is 10.2 Å². The second-order valence-corrected chi connectivity index (χ2v) is 20.7. The molecule has 1 aliphatic heterocycles. The molecule has 354 valence electrons. The van der Waals surface area contributed by atoms with Crippen LogP contribution in [0.15, 0.2) is 126 Å². The number of hydrogen-bond acceptors (Lipinski definition) is 11. The minimum absolute atomic E-state index is 0.316. The first-order valence-electron chi connectivity index (χ1n) is 24.3. The van der Waals surface area contributed by atoms with Crippen molar-refractivity contribution in [1.29, 1.82) is 5.26 Å². The van der Waals surface area contributed by atoms with E-state index in [9.17, 15) is 10.1 Å². The average Bonchev–Trinajstić information content (AvgIpc) is 3.83. The van der Waals surface area contributed by atoms with Crippen molar-refractivity contribution < 1.29 is 19.0 Å².